The molecule has 2 unspecified atom stereocenters. The maximum atomic E-state index is 13.4. The molecule has 2 rings (SSSR count). The van der Waals surface area contributed by atoms with Crippen LogP contribution < -0.4 is 0 Å². The Morgan fingerprint density at radius 3 is 2.47 bits per heavy atom. The van der Waals surface area contributed by atoms with E-state index < -0.39 is 0 Å². The van der Waals surface area contributed by atoms with Crippen LogP contribution in [-0.4, -0.2) is 0 Å². The lowest BCUT2D eigenvalue weighted by atomic mass is 9.94. The Balaban J connectivity index is 2.13. The van der Waals surface area contributed by atoms with E-state index in [2.05, 4.69) is 35.0 Å². The molecule has 0 saturated heterocycles. The lowest BCUT2D eigenvalue weighted by molar-refractivity contribution is 0.566. The van der Waals surface area contributed by atoms with Gasteiger partial charge < -0.3 is 0 Å². The maximum Gasteiger partial charge on any atom is 0.142 e. The molecule has 0 radical (unpaired) electrons. The molecule has 0 saturated carbocycles. The highest BCUT2D eigenvalue weighted by atomic mass is 79.9. The van der Waals surface area contributed by atoms with Crippen molar-refractivity contribution in [3.05, 3.63) is 70.5 Å². The van der Waals surface area contributed by atoms with E-state index in [4.69, 9.17) is 11.6 Å². The third-order valence-electron chi connectivity index (χ3n) is 3.19. The van der Waals surface area contributed by atoms with Crippen molar-refractivity contribution in [3.8, 4) is 0 Å². The normalized spacial score (nSPS) is 14.1. The second-order valence-corrected chi connectivity index (χ2v) is 6.07. The van der Waals surface area contributed by atoms with Gasteiger partial charge in [-0.3, -0.25) is 0 Å². The third-order valence-corrected chi connectivity index (χ3v) is 5.05. The molecule has 0 N–H and O–H groups in total. The standard InChI is InChI=1S/C16H15BrClF/c1-11(15(17)12-6-3-2-4-7-12)10-13-8-5-9-14(19)16(13)18/h2-9,11,15H,10H2,1H3. The molecule has 0 fully saturated rings. The van der Waals surface area contributed by atoms with Crippen molar-refractivity contribution in [3.63, 3.8) is 0 Å². The first-order valence-corrected chi connectivity index (χ1v) is 7.51. The summed E-state index contributed by atoms with van der Waals surface area (Å²) >= 11 is 9.71. The Morgan fingerprint density at radius 1 is 1.11 bits per heavy atom. The van der Waals surface area contributed by atoms with E-state index in [0.717, 1.165) is 12.0 Å². The van der Waals surface area contributed by atoms with Gasteiger partial charge in [-0.05, 0) is 29.5 Å². The average molecular weight is 342 g/mol. The van der Waals surface area contributed by atoms with Gasteiger partial charge in [0.1, 0.15) is 5.82 Å². The fraction of sp³-hybridized carbons (Fsp3) is 0.250. The second-order valence-electron chi connectivity index (χ2n) is 4.71. The van der Waals surface area contributed by atoms with Gasteiger partial charge in [-0.15, -0.1) is 0 Å². The van der Waals surface area contributed by atoms with Crippen LogP contribution >= 0.6 is 27.5 Å². The minimum Gasteiger partial charge on any atom is -0.205 e. The molecule has 0 aliphatic heterocycles. The lowest BCUT2D eigenvalue weighted by Gasteiger charge is -2.19. The van der Waals surface area contributed by atoms with Gasteiger partial charge in [0.2, 0.25) is 0 Å². The molecule has 0 amide bonds. The van der Waals surface area contributed by atoms with Crippen LogP contribution in [-0.2, 0) is 6.42 Å². The number of halogens is 3. The molecule has 0 aliphatic rings. The maximum absolute atomic E-state index is 13.4. The van der Waals surface area contributed by atoms with E-state index in [9.17, 15) is 4.39 Å². The van der Waals surface area contributed by atoms with E-state index >= 15 is 0 Å². The number of hydrogen-bond donors (Lipinski definition) is 0. The van der Waals surface area contributed by atoms with Gasteiger partial charge in [-0.2, -0.15) is 0 Å². The predicted molar refractivity (Wildman–Crippen MR) is 82.4 cm³/mol. The minimum atomic E-state index is -0.350. The molecule has 0 nitrogen and oxygen atoms in total. The summed E-state index contributed by atoms with van der Waals surface area (Å²) in [6, 6.07) is 15.2. The fourth-order valence-electron chi connectivity index (χ4n) is 2.12. The topological polar surface area (TPSA) is 0 Å². The van der Waals surface area contributed by atoms with E-state index in [0.29, 0.717) is 5.92 Å². The smallest absolute Gasteiger partial charge is 0.142 e. The van der Waals surface area contributed by atoms with Gasteiger partial charge >= 0.3 is 0 Å². The molecule has 2 atom stereocenters. The van der Waals surface area contributed by atoms with Crippen LogP contribution in [0.3, 0.4) is 0 Å². The first-order chi connectivity index (χ1) is 9.09. The third kappa shape index (κ3) is 3.58. The van der Waals surface area contributed by atoms with Gasteiger partial charge in [-0.25, -0.2) is 4.39 Å². The summed E-state index contributed by atoms with van der Waals surface area (Å²) in [5.41, 5.74) is 2.08. The second kappa shape index (κ2) is 6.53. The number of alkyl halides is 1. The first kappa shape index (κ1) is 14.5. The van der Waals surface area contributed by atoms with E-state index in [1.54, 1.807) is 6.07 Å². The highest BCUT2D eigenvalue weighted by Gasteiger charge is 2.18. The highest BCUT2D eigenvalue weighted by molar-refractivity contribution is 9.09. The number of rotatable bonds is 4. The summed E-state index contributed by atoms with van der Waals surface area (Å²) in [6.45, 7) is 2.13. The Morgan fingerprint density at radius 2 is 1.79 bits per heavy atom. The minimum absolute atomic E-state index is 0.230. The van der Waals surface area contributed by atoms with Gasteiger partial charge in [-0.1, -0.05) is 76.9 Å². The van der Waals surface area contributed by atoms with Crippen molar-refractivity contribution in [1.82, 2.24) is 0 Å². The zero-order valence-corrected chi connectivity index (χ0v) is 13.0. The molecule has 19 heavy (non-hydrogen) atoms. The zero-order chi connectivity index (χ0) is 13.8. The van der Waals surface area contributed by atoms with Gasteiger partial charge in [0, 0.05) is 4.83 Å². The van der Waals surface area contributed by atoms with Crippen molar-refractivity contribution in [2.45, 2.75) is 18.2 Å². The van der Waals surface area contributed by atoms with Crippen LogP contribution in [0.25, 0.3) is 0 Å². The highest BCUT2D eigenvalue weighted by Crippen LogP contribution is 2.34. The molecule has 0 heterocycles. The van der Waals surface area contributed by atoms with Crippen LogP contribution in [0.2, 0.25) is 5.02 Å². The summed E-state index contributed by atoms with van der Waals surface area (Å²) in [4.78, 5) is 0.230. The van der Waals surface area contributed by atoms with Crippen LogP contribution in [0.5, 0.6) is 0 Å². The molecule has 0 aromatic heterocycles. The van der Waals surface area contributed by atoms with E-state index in [1.807, 2.05) is 24.3 Å². The van der Waals surface area contributed by atoms with Gasteiger partial charge in [0.15, 0.2) is 0 Å². The summed E-state index contributed by atoms with van der Waals surface area (Å²) in [7, 11) is 0. The fourth-order valence-corrected chi connectivity index (χ4v) is 2.82. The van der Waals surface area contributed by atoms with Crippen LogP contribution in [0.4, 0.5) is 4.39 Å². The molecule has 0 bridgehead atoms. The molecule has 2 aromatic rings. The SMILES string of the molecule is CC(Cc1cccc(F)c1Cl)C(Br)c1ccccc1. The van der Waals surface area contributed by atoms with E-state index in [1.165, 1.54) is 11.6 Å². The molecule has 2 aromatic carbocycles. The number of hydrogen-bond acceptors (Lipinski definition) is 0. The zero-order valence-electron chi connectivity index (χ0n) is 10.6. The first-order valence-electron chi connectivity index (χ1n) is 6.21. The Hall–Kier alpha value is -0.860. The number of benzene rings is 2. The lowest BCUT2D eigenvalue weighted by Crippen LogP contribution is -2.07. The summed E-state index contributed by atoms with van der Waals surface area (Å²) in [5.74, 6) is -0.0288. The van der Waals surface area contributed by atoms with Crippen molar-refractivity contribution in [1.29, 1.82) is 0 Å². The Labute approximate surface area is 126 Å². The summed E-state index contributed by atoms with van der Waals surface area (Å²) in [5, 5.41) is 0.238. The molecule has 0 spiro atoms. The van der Waals surface area contributed by atoms with Crippen LogP contribution in [0.1, 0.15) is 22.9 Å². The van der Waals surface area contributed by atoms with Gasteiger partial charge in [0.05, 0.1) is 5.02 Å². The summed E-state index contributed by atoms with van der Waals surface area (Å²) in [6.07, 6.45) is 0.738. The summed E-state index contributed by atoms with van der Waals surface area (Å²) < 4.78 is 13.4. The largest absolute Gasteiger partial charge is 0.205 e. The Bertz CT molecular complexity index is 542. The molecular weight excluding hydrogens is 327 g/mol. The van der Waals surface area contributed by atoms with Crippen molar-refractivity contribution in [2.75, 3.05) is 0 Å². The van der Waals surface area contributed by atoms with Crippen molar-refractivity contribution < 1.29 is 4.39 Å². The Kier molecular flexibility index (Phi) is 5.00. The monoisotopic (exact) mass is 340 g/mol. The predicted octanol–water partition coefficient (Wildman–Crippen LogP) is 5.79. The van der Waals surface area contributed by atoms with Crippen LogP contribution in [0.15, 0.2) is 48.5 Å². The molecule has 3 heteroatoms. The molecule has 0 aliphatic carbocycles. The van der Waals surface area contributed by atoms with Gasteiger partial charge in [0.25, 0.3) is 0 Å². The quantitative estimate of drug-likeness (QED) is 0.617. The van der Waals surface area contributed by atoms with Crippen LogP contribution in [0, 0.1) is 11.7 Å². The van der Waals surface area contributed by atoms with Crippen molar-refractivity contribution >= 4 is 27.5 Å². The molecular formula is C16H15BrClF. The van der Waals surface area contributed by atoms with E-state index in [-0.39, 0.29) is 15.7 Å². The molecule has 100 valence electrons. The van der Waals surface area contributed by atoms with Crippen molar-refractivity contribution in [2.24, 2.45) is 5.92 Å². The average Bonchev–Trinajstić information content (AvgIpc) is 2.44.